The van der Waals surface area contributed by atoms with E-state index in [4.69, 9.17) is 4.74 Å². The number of benzene rings is 1. The first-order valence-corrected chi connectivity index (χ1v) is 9.87. The van der Waals surface area contributed by atoms with Crippen LogP contribution < -0.4 is 4.74 Å². The highest BCUT2D eigenvalue weighted by molar-refractivity contribution is 5.89. The summed E-state index contributed by atoms with van der Waals surface area (Å²) < 4.78 is 6.06. The summed E-state index contributed by atoms with van der Waals surface area (Å²) in [7, 11) is 0. The monoisotopic (exact) mass is 357 g/mol. The average Bonchev–Trinajstić information content (AvgIpc) is 3.35. The maximum absolute atomic E-state index is 12.8. The Hall–Kier alpha value is -1.59. The first-order chi connectivity index (χ1) is 12.4. The van der Waals surface area contributed by atoms with Crippen molar-refractivity contribution < 1.29 is 19.7 Å². The predicted molar refractivity (Wildman–Crippen MR) is 96.5 cm³/mol. The lowest BCUT2D eigenvalue weighted by atomic mass is 9.52. The number of ether oxygens (including phenoxy) is 1. The van der Waals surface area contributed by atoms with Gasteiger partial charge in [-0.1, -0.05) is 6.07 Å². The zero-order chi connectivity index (χ0) is 18.3. The van der Waals surface area contributed by atoms with Gasteiger partial charge in [-0.15, -0.1) is 0 Å². The molecule has 0 aromatic heterocycles. The van der Waals surface area contributed by atoms with Crippen LogP contribution in [0.1, 0.15) is 50.2 Å². The summed E-state index contributed by atoms with van der Waals surface area (Å²) in [5.74, 6) is 1.28. The van der Waals surface area contributed by atoms with Crippen molar-refractivity contribution in [2.45, 2.75) is 69.1 Å². The standard InChI is InChI=1S/C21H27NO4/c1-12-3-6-15(23)18-17(12)20-9-10-22(11-14-4-5-14)13(2)21(20,25)8-7-16(24)19(20)26-18/h3,6,13-14,19,23,25H,4-5,7-11H2,1-2H3/t13?,19?,20-,21+/m0/s1. The lowest BCUT2D eigenvalue weighted by Crippen LogP contribution is -2.74. The van der Waals surface area contributed by atoms with Crippen molar-refractivity contribution in [3.63, 3.8) is 0 Å². The van der Waals surface area contributed by atoms with Gasteiger partial charge in [-0.25, -0.2) is 0 Å². The van der Waals surface area contributed by atoms with Gasteiger partial charge in [0.05, 0.1) is 11.0 Å². The second-order valence-corrected chi connectivity index (χ2v) is 8.83. The number of rotatable bonds is 2. The van der Waals surface area contributed by atoms with Gasteiger partial charge >= 0.3 is 0 Å². The highest BCUT2D eigenvalue weighted by Crippen LogP contribution is 2.62. The molecule has 140 valence electrons. The number of likely N-dealkylation sites (tertiary alicyclic amines) is 1. The summed E-state index contributed by atoms with van der Waals surface area (Å²) in [6, 6.07) is 3.45. The molecule has 2 unspecified atom stereocenters. The van der Waals surface area contributed by atoms with Crippen molar-refractivity contribution in [2.75, 3.05) is 13.1 Å². The molecule has 0 bridgehead atoms. The Morgan fingerprint density at radius 1 is 1.31 bits per heavy atom. The summed E-state index contributed by atoms with van der Waals surface area (Å²) in [4.78, 5) is 15.2. The number of phenolic OH excluding ortho intramolecular Hbond substituents is 1. The molecule has 1 aromatic carbocycles. The van der Waals surface area contributed by atoms with E-state index in [1.54, 1.807) is 6.07 Å². The second kappa shape index (κ2) is 5.23. The summed E-state index contributed by atoms with van der Waals surface area (Å²) in [6.45, 7) is 5.97. The minimum atomic E-state index is -1.03. The molecule has 26 heavy (non-hydrogen) atoms. The van der Waals surface area contributed by atoms with Gasteiger partial charge in [0.25, 0.3) is 0 Å². The molecule has 5 nitrogen and oxygen atoms in total. The molecule has 0 radical (unpaired) electrons. The molecule has 5 heteroatoms. The van der Waals surface area contributed by atoms with E-state index in [-0.39, 0.29) is 17.6 Å². The van der Waals surface area contributed by atoms with E-state index in [2.05, 4.69) is 11.8 Å². The normalized spacial score (nSPS) is 39.1. The summed E-state index contributed by atoms with van der Waals surface area (Å²) >= 11 is 0. The molecule has 1 saturated heterocycles. The van der Waals surface area contributed by atoms with Crippen LogP contribution in [0.5, 0.6) is 11.5 Å². The van der Waals surface area contributed by atoms with Crippen LogP contribution in [0.3, 0.4) is 0 Å². The van der Waals surface area contributed by atoms with Gasteiger partial charge in [-0.3, -0.25) is 9.69 Å². The number of aryl methyl sites for hydroxylation is 1. The fraction of sp³-hybridized carbons (Fsp3) is 0.667. The van der Waals surface area contributed by atoms with Crippen molar-refractivity contribution in [2.24, 2.45) is 5.92 Å². The summed E-state index contributed by atoms with van der Waals surface area (Å²) in [6.07, 6.45) is 3.36. The van der Waals surface area contributed by atoms with Crippen molar-refractivity contribution in [1.82, 2.24) is 4.90 Å². The Kier molecular flexibility index (Phi) is 3.33. The van der Waals surface area contributed by atoms with E-state index in [9.17, 15) is 15.0 Å². The minimum absolute atomic E-state index is 0.0382. The zero-order valence-electron chi connectivity index (χ0n) is 15.5. The van der Waals surface area contributed by atoms with Gasteiger partial charge in [-0.05, 0) is 63.6 Å². The number of Topliss-reactive ketones (excluding diaryl/α,β-unsaturated/α-hetero) is 1. The fourth-order valence-corrected chi connectivity index (χ4v) is 5.90. The third-order valence-electron chi connectivity index (χ3n) is 7.51. The molecule has 2 aliphatic heterocycles. The number of fused-ring (bicyclic) bond motifs is 1. The maximum Gasteiger partial charge on any atom is 0.174 e. The third-order valence-corrected chi connectivity index (χ3v) is 7.51. The highest BCUT2D eigenvalue weighted by atomic mass is 16.5. The zero-order valence-corrected chi connectivity index (χ0v) is 15.5. The van der Waals surface area contributed by atoms with Crippen LogP contribution in [0.15, 0.2) is 12.1 Å². The van der Waals surface area contributed by atoms with Gasteiger partial charge in [0.1, 0.15) is 0 Å². The molecule has 5 rings (SSSR count). The highest BCUT2D eigenvalue weighted by Gasteiger charge is 2.70. The molecule has 4 aliphatic rings. The van der Waals surface area contributed by atoms with Gasteiger partial charge in [0.15, 0.2) is 23.4 Å². The van der Waals surface area contributed by atoms with Crippen LogP contribution in [-0.2, 0) is 10.2 Å². The van der Waals surface area contributed by atoms with E-state index in [0.717, 1.165) is 30.1 Å². The quantitative estimate of drug-likeness (QED) is 0.850. The van der Waals surface area contributed by atoms with E-state index < -0.39 is 17.1 Å². The first kappa shape index (κ1) is 16.6. The Bertz CT molecular complexity index is 788. The minimum Gasteiger partial charge on any atom is -0.504 e. The lowest BCUT2D eigenvalue weighted by molar-refractivity contribution is -0.181. The molecule has 4 atom stereocenters. The van der Waals surface area contributed by atoms with Crippen LogP contribution in [0, 0.1) is 12.8 Å². The van der Waals surface area contributed by atoms with Crippen molar-refractivity contribution in [3.05, 3.63) is 23.3 Å². The third kappa shape index (κ3) is 1.91. The van der Waals surface area contributed by atoms with Crippen LogP contribution in [0.4, 0.5) is 0 Å². The second-order valence-electron chi connectivity index (χ2n) is 8.83. The SMILES string of the molecule is Cc1ccc(O)c2c1[C@]13CCN(CC4CC4)C(C)[C@]1(O)CCC(=O)C3O2. The number of aliphatic hydroxyl groups is 1. The Morgan fingerprint density at radius 2 is 2.08 bits per heavy atom. The number of hydrogen-bond donors (Lipinski definition) is 2. The van der Waals surface area contributed by atoms with E-state index in [0.29, 0.717) is 25.0 Å². The molecule has 2 N–H and O–H groups in total. The molecule has 2 aliphatic carbocycles. The number of carbonyl (C=O) groups is 1. The molecule has 1 spiro atoms. The number of ketones is 1. The van der Waals surface area contributed by atoms with Gasteiger partial charge in [0.2, 0.25) is 0 Å². The topological polar surface area (TPSA) is 70.0 Å². The molecular formula is C21H27NO4. The Morgan fingerprint density at radius 3 is 2.81 bits per heavy atom. The molecule has 3 fully saturated rings. The largest absolute Gasteiger partial charge is 0.504 e. The first-order valence-electron chi connectivity index (χ1n) is 9.87. The van der Waals surface area contributed by atoms with Crippen molar-refractivity contribution in [3.8, 4) is 11.5 Å². The van der Waals surface area contributed by atoms with Crippen molar-refractivity contribution in [1.29, 1.82) is 0 Å². The number of hydrogen-bond acceptors (Lipinski definition) is 5. The van der Waals surface area contributed by atoms with E-state index in [1.165, 1.54) is 12.8 Å². The van der Waals surface area contributed by atoms with Crippen molar-refractivity contribution >= 4 is 5.78 Å². The predicted octanol–water partition coefficient (Wildman–Crippen LogP) is 2.30. The van der Waals surface area contributed by atoms with Crippen LogP contribution >= 0.6 is 0 Å². The average molecular weight is 357 g/mol. The van der Waals surface area contributed by atoms with Gasteiger partial charge < -0.3 is 14.9 Å². The van der Waals surface area contributed by atoms with Gasteiger partial charge in [0, 0.05) is 24.6 Å². The molecule has 1 aromatic rings. The number of nitrogens with zero attached hydrogens (tertiary/aromatic N) is 1. The molecule has 2 heterocycles. The van der Waals surface area contributed by atoms with E-state index in [1.807, 2.05) is 13.0 Å². The molecule has 2 saturated carbocycles. The number of piperidine rings is 1. The number of aromatic hydroxyl groups is 1. The Balaban J connectivity index is 1.67. The fourth-order valence-electron chi connectivity index (χ4n) is 5.90. The Labute approximate surface area is 154 Å². The van der Waals surface area contributed by atoms with E-state index >= 15 is 0 Å². The maximum atomic E-state index is 12.8. The van der Waals surface area contributed by atoms with Gasteiger partial charge in [-0.2, -0.15) is 0 Å². The molecule has 0 amide bonds. The lowest BCUT2D eigenvalue weighted by Gasteiger charge is -2.59. The summed E-state index contributed by atoms with van der Waals surface area (Å²) in [5, 5.41) is 22.4. The summed E-state index contributed by atoms with van der Waals surface area (Å²) in [5.41, 5.74) is 0.0647. The number of carbonyl (C=O) groups excluding carboxylic acids is 1. The van der Waals surface area contributed by atoms with Crippen LogP contribution in [0.25, 0.3) is 0 Å². The van der Waals surface area contributed by atoms with Crippen LogP contribution in [0.2, 0.25) is 0 Å². The molecular weight excluding hydrogens is 330 g/mol. The van der Waals surface area contributed by atoms with Crippen LogP contribution in [-0.4, -0.2) is 51.7 Å². The smallest absolute Gasteiger partial charge is 0.174 e. The number of phenols is 1.